The topological polar surface area (TPSA) is 52.4 Å². The minimum Gasteiger partial charge on any atom is -0.374 e. The molecule has 0 fully saturated rings. The first-order valence-electron chi connectivity index (χ1n) is 4.60. The summed E-state index contributed by atoms with van der Waals surface area (Å²) in [7, 11) is 24.0. The van der Waals surface area contributed by atoms with Gasteiger partial charge in [-0.05, 0) is 25.3 Å². The highest BCUT2D eigenvalue weighted by Gasteiger charge is 2.26. The van der Waals surface area contributed by atoms with Crippen LogP contribution in [-0.4, -0.2) is 36.3 Å². The summed E-state index contributed by atoms with van der Waals surface area (Å²) in [4.78, 5) is 10.2. The molecule has 0 aromatic heterocycles. The van der Waals surface area contributed by atoms with Gasteiger partial charge in [-0.2, -0.15) is 0 Å². The van der Waals surface area contributed by atoms with E-state index in [1.807, 2.05) is 9.47 Å². The van der Waals surface area contributed by atoms with E-state index >= 15 is 0 Å². The van der Waals surface area contributed by atoms with Crippen LogP contribution in [-0.2, 0) is 14.6 Å². The average Bonchev–Trinajstić information content (AvgIpc) is 2.27. The van der Waals surface area contributed by atoms with Gasteiger partial charge >= 0.3 is 0 Å². The molecule has 1 atom stereocenters. The molecule has 0 aliphatic heterocycles. The van der Waals surface area contributed by atoms with E-state index in [-0.39, 0.29) is 16.8 Å². The Labute approximate surface area is 117 Å². The molecular formula is C8H5B4ClNO3P. The van der Waals surface area contributed by atoms with E-state index in [0.29, 0.717) is 0 Å². The van der Waals surface area contributed by atoms with Gasteiger partial charge in [-0.3, -0.25) is 10.1 Å². The molecule has 0 heterocycles. The van der Waals surface area contributed by atoms with Crippen molar-refractivity contribution in [2.45, 2.75) is 10.1 Å². The Bertz CT molecular complexity index is 480. The standard InChI is InChI=1S/C8H5B4ClNO3P/c9-7(10,13)4-1-5(8(11,12)17-18)3-6(2-4)14(15)16/h1-3H,18H2. The highest BCUT2D eigenvalue weighted by Crippen LogP contribution is 2.31. The number of nitro benzene ring substituents is 1. The zero-order valence-electron chi connectivity index (χ0n) is 9.17. The van der Waals surface area contributed by atoms with Gasteiger partial charge in [0.1, 0.15) is 15.7 Å². The van der Waals surface area contributed by atoms with Gasteiger partial charge in [0.2, 0.25) is 0 Å². The Morgan fingerprint density at radius 1 is 1.22 bits per heavy atom. The summed E-state index contributed by atoms with van der Waals surface area (Å²) in [5.41, 5.74) is -0.0935. The van der Waals surface area contributed by atoms with Gasteiger partial charge in [-0.15, -0.1) is 11.6 Å². The summed E-state index contributed by atoms with van der Waals surface area (Å²) >= 11 is 5.71. The SMILES string of the molecule is [B]C([B])(Cl)c1cc([N+](=O)[O-])cc(C([B])([B])OP)c1. The number of halogens is 1. The Morgan fingerprint density at radius 3 is 2.11 bits per heavy atom. The third-order valence-corrected chi connectivity index (χ3v) is 2.83. The molecule has 1 unspecified atom stereocenters. The molecule has 0 N–H and O–H groups in total. The number of alkyl halides is 1. The molecule has 0 amide bonds. The second kappa shape index (κ2) is 5.28. The van der Waals surface area contributed by atoms with E-state index in [0.717, 1.165) is 12.1 Å². The molecule has 84 valence electrons. The van der Waals surface area contributed by atoms with Crippen LogP contribution in [0.25, 0.3) is 0 Å². The molecule has 0 bridgehead atoms. The molecule has 4 nitrogen and oxygen atoms in total. The Morgan fingerprint density at radius 2 is 1.72 bits per heavy atom. The third kappa shape index (κ3) is 3.53. The van der Waals surface area contributed by atoms with Gasteiger partial charge in [-0.1, -0.05) is 6.07 Å². The molecule has 0 spiro atoms. The smallest absolute Gasteiger partial charge is 0.270 e. The van der Waals surface area contributed by atoms with E-state index in [2.05, 4.69) is 0 Å². The lowest BCUT2D eigenvalue weighted by atomic mass is 9.59. The number of nitro groups is 1. The van der Waals surface area contributed by atoms with Gasteiger partial charge < -0.3 is 4.52 Å². The van der Waals surface area contributed by atoms with E-state index in [1.165, 1.54) is 6.07 Å². The normalized spacial score (nSPS) is 12.3. The predicted molar refractivity (Wildman–Crippen MR) is 76.1 cm³/mol. The average molecular weight is 273 g/mol. The van der Waals surface area contributed by atoms with Crippen LogP contribution in [0.1, 0.15) is 11.1 Å². The van der Waals surface area contributed by atoms with Crippen LogP contribution in [0.3, 0.4) is 0 Å². The number of non-ortho nitro benzene ring substituents is 1. The molecular weight excluding hydrogens is 268 g/mol. The van der Waals surface area contributed by atoms with Gasteiger partial charge in [0, 0.05) is 17.5 Å². The first kappa shape index (κ1) is 15.6. The minimum absolute atomic E-state index is 0.0932. The zero-order valence-corrected chi connectivity index (χ0v) is 11.1. The van der Waals surface area contributed by atoms with Crippen molar-refractivity contribution in [2.24, 2.45) is 0 Å². The second-order valence-electron chi connectivity index (χ2n) is 3.70. The van der Waals surface area contributed by atoms with Crippen LogP contribution >= 0.6 is 21.1 Å². The fourth-order valence-corrected chi connectivity index (χ4v) is 1.48. The molecule has 1 aromatic rings. The molecule has 0 saturated heterocycles. The quantitative estimate of drug-likeness (QED) is 0.264. The summed E-state index contributed by atoms with van der Waals surface area (Å²) in [6.45, 7) is 0. The van der Waals surface area contributed by atoms with Crippen molar-refractivity contribution in [1.29, 1.82) is 0 Å². The Kier molecular flexibility index (Phi) is 4.58. The molecule has 1 rings (SSSR count). The molecule has 0 saturated carbocycles. The zero-order chi connectivity index (χ0) is 14.1. The highest BCUT2D eigenvalue weighted by molar-refractivity contribution is 7.10. The molecule has 0 aliphatic carbocycles. The van der Waals surface area contributed by atoms with Crippen molar-refractivity contribution in [1.82, 2.24) is 0 Å². The number of rotatable bonds is 4. The van der Waals surface area contributed by atoms with Gasteiger partial charge in [-0.25, -0.2) is 0 Å². The largest absolute Gasteiger partial charge is 0.374 e. The molecule has 18 heavy (non-hydrogen) atoms. The van der Waals surface area contributed by atoms with Crippen LogP contribution in [0.2, 0.25) is 0 Å². The van der Waals surface area contributed by atoms with Gasteiger partial charge in [0.05, 0.1) is 20.6 Å². The van der Waals surface area contributed by atoms with Crippen molar-refractivity contribution in [3.63, 3.8) is 0 Å². The van der Waals surface area contributed by atoms with Gasteiger partial charge in [0.25, 0.3) is 5.69 Å². The third-order valence-electron chi connectivity index (χ3n) is 2.22. The summed E-state index contributed by atoms with van der Waals surface area (Å²) < 4.78 is 2.97. The van der Waals surface area contributed by atoms with Crippen LogP contribution < -0.4 is 0 Å². The van der Waals surface area contributed by atoms with Crippen LogP contribution in [0, 0.1) is 10.1 Å². The Balaban J connectivity index is 3.46. The number of hydrogen-bond acceptors (Lipinski definition) is 3. The monoisotopic (exact) mass is 273 g/mol. The van der Waals surface area contributed by atoms with E-state index in [9.17, 15) is 10.1 Å². The number of benzene rings is 1. The Hall–Kier alpha value is -0.440. The highest BCUT2D eigenvalue weighted by atomic mass is 35.5. The fraction of sp³-hybridized carbons (Fsp3) is 0.250. The van der Waals surface area contributed by atoms with E-state index in [1.54, 1.807) is 0 Å². The fourth-order valence-electron chi connectivity index (χ4n) is 1.23. The first-order chi connectivity index (χ1) is 8.08. The lowest BCUT2D eigenvalue weighted by molar-refractivity contribution is -0.385. The molecule has 0 aliphatic rings. The molecule has 10 heteroatoms. The maximum atomic E-state index is 10.8. The van der Waals surface area contributed by atoms with Crippen molar-refractivity contribution in [2.75, 3.05) is 0 Å². The summed E-state index contributed by atoms with van der Waals surface area (Å²) in [6.07, 6.45) is 0. The lowest BCUT2D eigenvalue weighted by Crippen LogP contribution is -2.28. The van der Waals surface area contributed by atoms with Crippen molar-refractivity contribution < 1.29 is 9.45 Å². The minimum atomic E-state index is -1.78. The lowest BCUT2D eigenvalue weighted by Gasteiger charge is -2.27. The molecule has 8 radical (unpaired) electrons. The maximum absolute atomic E-state index is 10.8. The summed E-state index contributed by atoms with van der Waals surface area (Å²) in [5.74, 6) is 0. The van der Waals surface area contributed by atoms with Crippen molar-refractivity contribution >= 4 is 58.1 Å². The van der Waals surface area contributed by atoms with E-state index < -0.39 is 15.0 Å². The summed E-state index contributed by atoms with van der Waals surface area (Å²) in [5, 5.41) is 9.06. The summed E-state index contributed by atoms with van der Waals surface area (Å²) in [6, 6.07) is 3.62. The van der Waals surface area contributed by atoms with Crippen LogP contribution in [0.5, 0.6) is 0 Å². The van der Waals surface area contributed by atoms with Crippen molar-refractivity contribution in [3.05, 3.63) is 39.4 Å². The van der Waals surface area contributed by atoms with E-state index in [4.69, 9.17) is 47.5 Å². The van der Waals surface area contributed by atoms with Crippen molar-refractivity contribution in [3.8, 4) is 0 Å². The van der Waals surface area contributed by atoms with Crippen LogP contribution in [0.15, 0.2) is 18.2 Å². The maximum Gasteiger partial charge on any atom is 0.270 e. The van der Waals surface area contributed by atoms with Gasteiger partial charge in [0.15, 0.2) is 0 Å². The van der Waals surface area contributed by atoms with Crippen LogP contribution in [0.4, 0.5) is 5.69 Å². The number of nitrogens with zero attached hydrogens (tertiary/aromatic N) is 1. The second-order valence-corrected chi connectivity index (χ2v) is 4.57. The molecule has 1 aromatic carbocycles. The predicted octanol–water partition coefficient (Wildman–Crippen LogP) is 0.535. The first-order valence-corrected chi connectivity index (χ1v) is 5.45. The number of hydrogen-bond donors (Lipinski definition) is 0.